The van der Waals surface area contributed by atoms with E-state index in [0.29, 0.717) is 6.42 Å². The van der Waals surface area contributed by atoms with Crippen LogP contribution in [0.1, 0.15) is 129 Å². The monoisotopic (exact) mass is 352 g/mol. The Morgan fingerprint density at radius 1 is 0.640 bits per heavy atom. The van der Waals surface area contributed by atoms with Crippen molar-refractivity contribution in [1.82, 2.24) is 0 Å². The molecule has 0 spiro atoms. The normalized spacial score (nSPS) is 10.8. The fraction of sp³-hybridized carbons (Fsp3) is 0.870. The Hall–Kier alpha value is -0.790. The standard InChI is InChI=1S/C23H44O2/c1-3-5-6-7-8-9-10-11-12-13-14-15-16-17-18-19-20-21-22-23(24)25-4-2/h4H,2-3,5-22H2,1H3. The molecule has 0 fully saturated rings. The molecule has 0 amide bonds. The third kappa shape index (κ3) is 21.2. The van der Waals surface area contributed by atoms with Crippen LogP contribution in [0.25, 0.3) is 0 Å². The Morgan fingerprint density at radius 2 is 0.960 bits per heavy atom. The van der Waals surface area contributed by atoms with E-state index in [0.717, 1.165) is 12.8 Å². The van der Waals surface area contributed by atoms with Gasteiger partial charge in [0.25, 0.3) is 0 Å². The molecule has 148 valence electrons. The third-order valence-corrected chi connectivity index (χ3v) is 4.95. The smallest absolute Gasteiger partial charge is 0.310 e. The van der Waals surface area contributed by atoms with Gasteiger partial charge in [-0.25, -0.2) is 0 Å². The second kappa shape index (κ2) is 21.3. The molecule has 0 bridgehead atoms. The van der Waals surface area contributed by atoms with Crippen LogP contribution in [0.2, 0.25) is 0 Å². The maximum absolute atomic E-state index is 11.1. The van der Waals surface area contributed by atoms with Gasteiger partial charge in [-0.15, -0.1) is 0 Å². The Kier molecular flexibility index (Phi) is 20.6. The van der Waals surface area contributed by atoms with E-state index in [-0.39, 0.29) is 5.97 Å². The van der Waals surface area contributed by atoms with Crippen molar-refractivity contribution >= 4 is 5.97 Å². The molecule has 0 saturated carbocycles. The first-order chi connectivity index (χ1) is 12.3. The van der Waals surface area contributed by atoms with Crippen LogP contribution < -0.4 is 0 Å². The maximum Gasteiger partial charge on any atom is 0.310 e. The van der Waals surface area contributed by atoms with Crippen LogP contribution >= 0.6 is 0 Å². The fourth-order valence-electron chi connectivity index (χ4n) is 3.32. The number of carbonyl (C=O) groups excluding carboxylic acids is 1. The van der Waals surface area contributed by atoms with Gasteiger partial charge in [-0.1, -0.05) is 123 Å². The van der Waals surface area contributed by atoms with Gasteiger partial charge in [0, 0.05) is 6.42 Å². The average molecular weight is 353 g/mol. The second-order valence-corrected chi connectivity index (χ2v) is 7.42. The molecule has 0 aromatic carbocycles. The van der Waals surface area contributed by atoms with Crippen molar-refractivity contribution in [2.24, 2.45) is 0 Å². The van der Waals surface area contributed by atoms with E-state index in [4.69, 9.17) is 4.74 Å². The average Bonchev–Trinajstić information content (AvgIpc) is 2.61. The van der Waals surface area contributed by atoms with E-state index in [9.17, 15) is 4.79 Å². The lowest BCUT2D eigenvalue weighted by Crippen LogP contribution is -1.98. The molecule has 0 aliphatic rings. The summed E-state index contributed by atoms with van der Waals surface area (Å²) in [6.07, 6.45) is 26.3. The molecular weight excluding hydrogens is 308 g/mol. The van der Waals surface area contributed by atoms with Crippen molar-refractivity contribution in [2.45, 2.75) is 129 Å². The number of rotatable bonds is 20. The quantitative estimate of drug-likeness (QED) is 0.126. The van der Waals surface area contributed by atoms with Gasteiger partial charge in [0.1, 0.15) is 0 Å². The largest absolute Gasteiger partial charge is 0.435 e. The van der Waals surface area contributed by atoms with Crippen molar-refractivity contribution in [1.29, 1.82) is 0 Å². The molecule has 0 heterocycles. The molecule has 0 rings (SSSR count). The Morgan fingerprint density at radius 3 is 1.28 bits per heavy atom. The maximum atomic E-state index is 11.1. The van der Waals surface area contributed by atoms with E-state index in [1.165, 1.54) is 109 Å². The van der Waals surface area contributed by atoms with Crippen LogP contribution in [0.5, 0.6) is 0 Å². The van der Waals surface area contributed by atoms with Gasteiger partial charge < -0.3 is 4.74 Å². The molecule has 0 aromatic heterocycles. The zero-order valence-corrected chi connectivity index (χ0v) is 17.0. The third-order valence-electron chi connectivity index (χ3n) is 4.95. The minimum atomic E-state index is -0.147. The topological polar surface area (TPSA) is 26.3 Å². The molecular formula is C23H44O2. The molecule has 2 heteroatoms. The van der Waals surface area contributed by atoms with Crippen LogP contribution in [-0.2, 0) is 9.53 Å². The molecule has 0 radical (unpaired) electrons. The molecule has 0 N–H and O–H groups in total. The number of ether oxygens (including phenoxy) is 1. The first kappa shape index (κ1) is 24.2. The van der Waals surface area contributed by atoms with Crippen molar-refractivity contribution < 1.29 is 9.53 Å². The van der Waals surface area contributed by atoms with Gasteiger partial charge in [-0.3, -0.25) is 4.79 Å². The van der Waals surface area contributed by atoms with Crippen LogP contribution in [-0.4, -0.2) is 5.97 Å². The second-order valence-electron chi connectivity index (χ2n) is 7.42. The summed E-state index contributed by atoms with van der Waals surface area (Å²) in [6.45, 7) is 5.67. The fourth-order valence-corrected chi connectivity index (χ4v) is 3.32. The van der Waals surface area contributed by atoms with Gasteiger partial charge in [-0.2, -0.15) is 0 Å². The lowest BCUT2D eigenvalue weighted by molar-refractivity contribution is -0.138. The highest BCUT2D eigenvalue weighted by atomic mass is 16.5. The van der Waals surface area contributed by atoms with Crippen molar-refractivity contribution in [2.75, 3.05) is 0 Å². The summed E-state index contributed by atoms with van der Waals surface area (Å²) in [6, 6.07) is 0. The first-order valence-corrected chi connectivity index (χ1v) is 11.1. The molecule has 0 aromatic rings. The van der Waals surface area contributed by atoms with Gasteiger partial charge in [0.2, 0.25) is 0 Å². The summed E-state index contributed by atoms with van der Waals surface area (Å²) < 4.78 is 4.70. The molecule has 0 unspecified atom stereocenters. The van der Waals surface area contributed by atoms with Crippen LogP contribution in [0.15, 0.2) is 12.8 Å². The number of unbranched alkanes of at least 4 members (excludes halogenated alkanes) is 17. The molecule has 0 aliphatic heterocycles. The lowest BCUT2D eigenvalue weighted by atomic mass is 10.0. The summed E-state index contributed by atoms with van der Waals surface area (Å²) >= 11 is 0. The van der Waals surface area contributed by atoms with E-state index >= 15 is 0 Å². The van der Waals surface area contributed by atoms with E-state index in [1.807, 2.05) is 0 Å². The summed E-state index contributed by atoms with van der Waals surface area (Å²) in [5.74, 6) is -0.147. The van der Waals surface area contributed by atoms with Crippen LogP contribution in [0, 0.1) is 0 Å². The minimum absolute atomic E-state index is 0.147. The van der Waals surface area contributed by atoms with Crippen molar-refractivity contribution in [3.05, 3.63) is 12.8 Å². The summed E-state index contributed by atoms with van der Waals surface area (Å²) in [7, 11) is 0. The zero-order chi connectivity index (χ0) is 18.4. The lowest BCUT2D eigenvalue weighted by Gasteiger charge is -2.04. The van der Waals surface area contributed by atoms with E-state index in [2.05, 4.69) is 13.5 Å². The van der Waals surface area contributed by atoms with Gasteiger partial charge in [0.05, 0.1) is 6.26 Å². The van der Waals surface area contributed by atoms with Crippen molar-refractivity contribution in [3.8, 4) is 0 Å². The van der Waals surface area contributed by atoms with Gasteiger partial charge >= 0.3 is 5.97 Å². The molecule has 0 aliphatic carbocycles. The Balaban J connectivity index is 3.03. The van der Waals surface area contributed by atoms with Gasteiger partial charge in [0.15, 0.2) is 0 Å². The predicted molar refractivity (Wildman–Crippen MR) is 110 cm³/mol. The van der Waals surface area contributed by atoms with Crippen LogP contribution in [0.4, 0.5) is 0 Å². The summed E-state index contributed by atoms with van der Waals surface area (Å²) in [5.41, 5.74) is 0. The highest BCUT2D eigenvalue weighted by Crippen LogP contribution is 2.14. The van der Waals surface area contributed by atoms with E-state index in [1.54, 1.807) is 0 Å². The summed E-state index contributed by atoms with van der Waals surface area (Å²) in [4.78, 5) is 11.1. The molecule has 25 heavy (non-hydrogen) atoms. The highest BCUT2D eigenvalue weighted by Gasteiger charge is 2.00. The highest BCUT2D eigenvalue weighted by molar-refractivity contribution is 5.69. The number of esters is 1. The van der Waals surface area contributed by atoms with Crippen LogP contribution in [0.3, 0.4) is 0 Å². The van der Waals surface area contributed by atoms with Gasteiger partial charge in [-0.05, 0) is 6.42 Å². The first-order valence-electron chi connectivity index (χ1n) is 11.1. The number of hydrogen-bond donors (Lipinski definition) is 0. The Bertz CT molecular complexity index is 286. The molecule has 2 nitrogen and oxygen atoms in total. The summed E-state index contributed by atoms with van der Waals surface area (Å²) in [5, 5.41) is 0. The molecule has 0 saturated heterocycles. The number of carbonyl (C=O) groups is 1. The number of hydrogen-bond acceptors (Lipinski definition) is 2. The van der Waals surface area contributed by atoms with Crippen molar-refractivity contribution in [3.63, 3.8) is 0 Å². The van der Waals surface area contributed by atoms with E-state index < -0.39 is 0 Å². The Labute approximate surface area is 157 Å². The zero-order valence-electron chi connectivity index (χ0n) is 17.0. The molecule has 0 atom stereocenters. The predicted octanol–water partition coefficient (Wildman–Crippen LogP) is 8.10. The SMILES string of the molecule is C=COC(=O)CCCCCCCCCCCCCCCCCCCC. The minimum Gasteiger partial charge on any atom is -0.435 e.